The Morgan fingerprint density at radius 2 is 2.29 bits per heavy atom. The monoisotopic (exact) mass is 332 g/mol. The molecule has 6 heteroatoms. The number of hydrogen-bond acceptors (Lipinski definition) is 4. The molecule has 2 amide bonds. The number of ether oxygens (including phenoxy) is 1. The Morgan fingerprint density at radius 1 is 1.46 bits per heavy atom. The molecule has 0 radical (unpaired) electrons. The summed E-state index contributed by atoms with van der Waals surface area (Å²) < 4.78 is 11.1. The van der Waals surface area contributed by atoms with Crippen LogP contribution in [-0.4, -0.2) is 42.0 Å². The van der Waals surface area contributed by atoms with Gasteiger partial charge in [0.05, 0.1) is 24.8 Å². The maximum Gasteiger partial charge on any atom is 0.225 e. The summed E-state index contributed by atoms with van der Waals surface area (Å²) in [6.07, 6.45) is 3.14. The number of nitrogens with zero attached hydrogens (tertiary/aromatic N) is 1. The zero-order valence-corrected chi connectivity index (χ0v) is 14.2. The fourth-order valence-corrected chi connectivity index (χ4v) is 4.58. The van der Waals surface area contributed by atoms with Gasteiger partial charge >= 0.3 is 0 Å². The van der Waals surface area contributed by atoms with E-state index in [-0.39, 0.29) is 41.7 Å². The Balaban J connectivity index is 1.36. The third kappa shape index (κ3) is 2.44. The van der Waals surface area contributed by atoms with Crippen LogP contribution >= 0.6 is 0 Å². The summed E-state index contributed by atoms with van der Waals surface area (Å²) in [6, 6.07) is 3.79. The molecule has 0 unspecified atom stereocenters. The molecule has 1 aromatic rings. The van der Waals surface area contributed by atoms with Crippen molar-refractivity contribution in [1.82, 2.24) is 10.2 Å². The molecule has 6 nitrogen and oxygen atoms in total. The molecule has 1 aliphatic carbocycles. The van der Waals surface area contributed by atoms with Crippen molar-refractivity contribution >= 4 is 11.8 Å². The second kappa shape index (κ2) is 5.62. The van der Waals surface area contributed by atoms with Crippen LogP contribution in [0, 0.1) is 17.3 Å². The Hall–Kier alpha value is -1.82. The van der Waals surface area contributed by atoms with Gasteiger partial charge < -0.3 is 19.4 Å². The van der Waals surface area contributed by atoms with Gasteiger partial charge in [-0.2, -0.15) is 0 Å². The van der Waals surface area contributed by atoms with Crippen molar-refractivity contribution < 1.29 is 18.7 Å². The molecule has 0 spiro atoms. The average molecular weight is 332 g/mol. The van der Waals surface area contributed by atoms with Gasteiger partial charge in [0.25, 0.3) is 0 Å². The van der Waals surface area contributed by atoms with Gasteiger partial charge in [-0.25, -0.2) is 0 Å². The molecule has 0 bridgehead atoms. The smallest absolute Gasteiger partial charge is 0.225 e. The Bertz CT molecular complexity index is 639. The lowest BCUT2D eigenvalue weighted by molar-refractivity contribution is -0.141. The highest BCUT2D eigenvalue weighted by Crippen LogP contribution is 2.52. The standard InChI is InChI=1S/C18H24N2O4/c1-18(2)15(13-5-7-24-16(13)18)19-17(22)11-8-14(21)20(9-11)10-12-4-3-6-23-12/h3-4,6,11,13,15-16H,5,7-10H2,1-2H3,(H,19,22)/t11-,13-,15-,16-/m1/s1. The minimum absolute atomic E-state index is 0.00581. The number of hydrogen-bond donors (Lipinski definition) is 1. The summed E-state index contributed by atoms with van der Waals surface area (Å²) in [7, 11) is 0. The molecule has 2 saturated heterocycles. The molecule has 3 fully saturated rings. The number of carbonyl (C=O) groups is 2. The normalized spacial score (nSPS) is 34.1. The van der Waals surface area contributed by atoms with Gasteiger partial charge in [0.1, 0.15) is 5.76 Å². The molecule has 130 valence electrons. The third-order valence-corrected chi connectivity index (χ3v) is 5.91. The maximum atomic E-state index is 12.7. The molecular formula is C18H24N2O4. The number of nitrogens with one attached hydrogen (secondary N) is 1. The summed E-state index contributed by atoms with van der Waals surface area (Å²) in [5.41, 5.74) is -0.0344. The van der Waals surface area contributed by atoms with Crippen molar-refractivity contribution in [2.75, 3.05) is 13.2 Å². The SMILES string of the molecule is CC1(C)[C@H](NC(=O)[C@@H]2CC(=O)N(Cc3ccco3)C2)[C@H]2CCO[C@H]21. The number of amides is 2. The van der Waals surface area contributed by atoms with Gasteiger partial charge in [-0.05, 0) is 18.6 Å². The van der Waals surface area contributed by atoms with Crippen molar-refractivity contribution in [3.8, 4) is 0 Å². The lowest BCUT2D eigenvalue weighted by Crippen LogP contribution is -2.67. The van der Waals surface area contributed by atoms with Crippen LogP contribution in [0.4, 0.5) is 0 Å². The van der Waals surface area contributed by atoms with Crippen LogP contribution in [0.1, 0.15) is 32.4 Å². The van der Waals surface area contributed by atoms with E-state index in [1.165, 1.54) is 0 Å². The van der Waals surface area contributed by atoms with Crippen molar-refractivity contribution in [1.29, 1.82) is 0 Å². The quantitative estimate of drug-likeness (QED) is 0.908. The summed E-state index contributed by atoms with van der Waals surface area (Å²) in [5, 5.41) is 3.20. The van der Waals surface area contributed by atoms with Gasteiger partial charge in [-0.15, -0.1) is 0 Å². The molecular weight excluding hydrogens is 308 g/mol. The Kier molecular flexibility index (Phi) is 3.67. The lowest BCUT2D eigenvalue weighted by atomic mass is 9.57. The fraction of sp³-hybridized carbons (Fsp3) is 0.667. The summed E-state index contributed by atoms with van der Waals surface area (Å²) in [4.78, 5) is 26.5. The predicted molar refractivity (Wildman–Crippen MR) is 85.8 cm³/mol. The first-order valence-electron chi connectivity index (χ1n) is 8.69. The number of furan rings is 1. The number of rotatable bonds is 4. The van der Waals surface area contributed by atoms with E-state index in [9.17, 15) is 9.59 Å². The molecule has 3 aliphatic rings. The minimum Gasteiger partial charge on any atom is -0.467 e. The van der Waals surface area contributed by atoms with Crippen LogP contribution in [0.3, 0.4) is 0 Å². The minimum atomic E-state index is -0.273. The van der Waals surface area contributed by atoms with E-state index < -0.39 is 0 Å². The van der Waals surface area contributed by atoms with Gasteiger partial charge in [0, 0.05) is 36.9 Å². The van der Waals surface area contributed by atoms with E-state index in [4.69, 9.17) is 9.15 Å². The van der Waals surface area contributed by atoms with Crippen LogP contribution in [0.25, 0.3) is 0 Å². The fourth-order valence-electron chi connectivity index (χ4n) is 4.58. The maximum absolute atomic E-state index is 12.7. The van der Waals surface area contributed by atoms with Crippen LogP contribution in [0.15, 0.2) is 22.8 Å². The highest BCUT2D eigenvalue weighted by molar-refractivity contribution is 5.89. The molecule has 1 aromatic heterocycles. The summed E-state index contributed by atoms with van der Waals surface area (Å²) in [5.74, 6) is 0.899. The molecule has 1 saturated carbocycles. The molecule has 1 N–H and O–H groups in total. The number of carbonyl (C=O) groups excluding carboxylic acids is 2. The number of likely N-dealkylation sites (tertiary alicyclic amines) is 1. The lowest BCUT2D eigenvalue weighted by Gasteiger charge is -2.54. The van der Waals surface area contributed by atoms with Crippen molar-refractivity contribution in [3.63, 3.8) is 0 Å². The molecule has 2 aliphatic heterocycles. The van der Waals surface area contributed by atoms with E-state index in [1.807, 2.05) is 6.07 Å². The van der Waals surface area contributed by atoms with Crippen molar-refractivity contribution in [3.05, 3.63) is 24.2 Å². The zero-order chi connectivity index (χ0) is 16.9. The highest BCUT2D eigenvalue weighted by Gasteiger charge is 2.60. The van der Waals surface area contributed by atoms with Crippen LogP contribution in [0.2, 0.25) is 0 Å². The van der Waals surface area contributed by atoms with Crippen molar-refractivity contribution in [2.24, 2.45) is 17.3 Å². The molecule has 24 heavy (non-hydrogen) atoms. The second-order valence-corrected chi connectivity index (χ2v) is 7.81. The first-order chi connectivity index (χ1) is 11.5. The number of fused-ring (bicyclic) bond motifs is 1. The van der Waals surface area contributed by atoms with Gasteiger partial charge in [-0.1, -0.05) is 13.8 Å². The molecule has 4 rings (SSSR count). The Morgan fingerprint density at radius 3 is 3.04 bits per heavy atom. The first-order valence-corrected chi connectivity index (χ1v) is 8.69. The predicted octanol–water partition coefficient (Wildman–Crippen LogP) is 1.56. The van der Waals surface area contributed by atoms with Crippen LogP contribution in [-0.2, 0) is 20.9 Å². The molecule has 4 atom stereocenters. The molecule has 0 aromatic carbocycles. The topological polar surface area (TPSA) is 71.8 Å². The highest BCUT2D eigenvalue weighted by atomic mass is 16.5. The summed E-state index contributed by atoms with van der Waals surface area (Å²) in [6.45, 7) is 5.97. The van der Waals surface area contributed by atoms with E-state index in [1.54, 1.807) is 17.2 Å². The third-order valence-electron chi connectivity index (χ3n) is 5.91. The van der Waals surface area contributed by atoms with Gasteiger partial charge in [0.15, 0.2) is 0 Å². The van der Waals surface area contributed by atoms with E-state index >= 15 is 0 Å². The summed E-state index contributed by atoms with van der Waals surface area (Å²) >= 11 is 0. The largest absolute Gasteiger partial charge is 0.467 e. The van der Waals surface area contributed by atoms with Crippen LogP contribution < -0.4 is 5.32 Å². The van der Waals surface area contributed by atoms with Gasteiger partial charge in [0.2, 0.25) is 11.8 Å². The van der Waals surface area contributed by atoms with Crippen molar-refractivity contribution in [2.45, 2.75) is 45.4 Å². The Labute approximate surface area is 141 Å². The van der Waals surface area contributed by atoms with E-state index in [0.717, 1.165) is 18.8 Å². The first kappa shape index (κ1) is 15.7. The van der Waals surface area contributed by atoms with E-state index in [0.29, 0.717) is 19.0 Å². The average Bonchev–Trinajstić information content (AvgIpc) is 3.26. The second-order valence-electron chi connectivity index (χ2n) is 7.81. The zero-order valence-electron chi connectivity index (χ0n) is 14.2. The van der Waals surface area contributed by atoms with Gasteiger partial charge in [-0.3, -0.25) is 9.59 Å². The van der Waals surface area contributed by atoms with E-state index in [2.05, 4.69) is 19.2 Å². The molecule has 3 heterocycles. The van der Waals surface area contributed by atoms with Crippen LogP contribution in [0.5, 0.6) is 0 Å².